The number of rotatable bonds is 4. The molecule has 2 aliphatic rings. The zero-order valence-corrected chi connectivity index (χ0v) is 12.4. The Labute approximate surface area is 120 Å². The maximum absolute atomic E-state index is 12.2. The SMILES string of the molecule is CCc1ccc(S(=O)(=O)NC2C3CNCC32)cc1.Cl. The molecule has 1 aliphatic heterocycles. The van der Waals surface area contributed by atoms with Crippen LogP contribution in [0.25, 0.3) is 0 Å². The van der Waals surface area contributed by atoms with E-state index < -0.39 is 10.0 Å². The Kier molecular flexibility index (Phi) is 4.20. The van der Waals surface area contributed by atoms with Crippen molar-refractivity contribution in [3.63, 3.8) is 0 Å². The summed E-state index contributed by atoms with van der Waals surface area (Å²) in [6.07, 6.45) is 0.923. The smallest absolute Gasteiger partial charge is 0.240 e. The summed E-state index contributed by atoms with van der Waals surface area (Å²) in [7, 11) is -3.34. The second-order valence-corrected chi connectivity index (χ2v) is 6.84. The molecule has 2 N–H and O–H groups in total. The molecule has 1 aliphatic carbocycles. The van der Waals surface area contributed by atoms with E-state index in [0.717, 1.165) is 25.1 Å². The maximum atomic E-state index is 12.2. The van der Waals surface area contributed by atoms with Gasteiger partial charge in [-0.25, -0.2) is 13.1 Å². The number of sulfonamides is 1. The highest BCUT2D eigenvalue weighted by Crippen LogP contribution is 2.42. The lowest BCUT2D eigenvalue weighted by Gasteiger charge is -2.09. The summed E-state index contributed by atoms with van der Waals surface area (Å²) in [5.41, 5.74) is 1.15. The molecule has 0 spiro atoms. The molecule has 2 unspecified atom stereocenters. The number of nitrogens with one attached hydrogen (secondary N) is 2. The lowest BCUT2D eigenvalue weighted by atomic mass is 10.2. The van der Waals surface area contributed by atoms with Gasteiger partial charge in [0, 0.05) is 6.04 Å². The fraction of sp³-hybridized carbons (Fsp3) is 0.538. The molecule has 2 atom stereocenters. The Morgan fingerprint density at radius 3 is 2.32 bits per heavy atom. The molecule has 2 fully saturated rings. The van der Waals surface area contributed by atoms with Gasteiger partial charge in [0.1, 0.15) is 0 Å². The Hall–Kier alpha value is -0.620. The first-order valence-corrected chi connectivity index (χ1v) is 7.92. The first-order chi connectivity index (χ1) is 8.62. The van der Waals surface area contributed by atoms with E-state index in [1.165, 1.54) is 0 Å². The number of benzene rings is 1. The van der Waals surface area contributed by atoms with Crippen LogP contribution in [-0.2, 0) is 16.4 Å². The van der Waals surface area contributed by atoms with E-state index >= 15 is 0 Å². The quantitative estimate of drug-likeness (QED) is 0.878. The third kappa shape index (κ3) is 2.79. The molecule has 19 heavy (non-hydrogen) atoms. The molecule has 1 saturated carbocycles. The predicted octanol–water partition coefficient (Wildman–Crippen LogP) is 1.17. The monoisotopic (exact) mass is 302 g/mol. The number of aryl methyl sites for hydroxylation is 1. The standard InChI is InChI=1S/C13H18N2O2S.ClH/c1-2-9-3-5-10(6-4-9)18(16,17)15-13-11-7-14-8-12(11)13;/h3-6,11-15H,2,7-8H2,1H3;1H. The van der Waals surface area contributed by atoms with Gasteiger partial charge in [-0.15, -0.1) is 12.4 Å². The van der Waals surface area contributed by atoms with Crippen LogP contribution in [-0.4, -0.2) is 27.5 Å². The molecule has 0 bridgehead atoms. The van der Waals surface area contributed by atoms with Crippen molar-refractivity contribution in [1.29, 1.82) is 0 Å². The van der Waals surface area contributed by atoms with E-state index in [0.29, 0.717) is 16.7 Å². The Morgan fingerprint density at radius 1 is 1.21 bits per heavy atom. The summed E-state index contributed by atoms with van der Waals surface area (Å²) in [5, 5.41) is 3.26. The van der Waals surface area contributed by atoms with Crippen LogP contribution in [0.5, 0.6) is 0 Å². The van der Waals surface area contributed by atoms with Gasteiger partial charge >= 0.3 is 0 Å². The fourth-order valence-corrected chi connectivity index (χ4v) is 4.08. The number of hydrogen-bond donors (Lipinski definition) is 2. The van der Waals surface area contributed by atoms with Crippen molar-refractivity contribution < 1.29 is 8.42 Å². The maximum Gasteiger partial charge on any atom is 0.240 e. The van der Waals surface area contributed by atoms with Crippen LogP contribution in [0.4, 0.5) is 0 Å². The van der Waals surface area contributed by atoms with Crippen molar-refractivity contribution in [3.05, 3.63) is 29.8 Å². The number of halogens is 1. The minimum absolute atomic E-state index is 0. The van der Waals surface area contributed by atoms with Gasteiger partial charge in [-0.05, 0) is 49.0 Å². The molecule has 0 radical (unpaired) electrons. The molecule has 3 rings (SSSR count). The van der Waals surface area contributed by atoms with Crippen LogP contribution in [0.3, 0.4) is 0 Å². The van der Waals surface area contributed by atoms with Gasteiger partial charge in [-0.1, -0.05) is 19.1 Å². The van der Waals surface area contributed by atoms with Crippen LogP contribution in [0.2, 0.25) is 0 Å². The molecule has 6 heteroatoms. The average Bonchev–Trinajstić information content (AvgIpc) is 2.80. The van der Waals surface area contributed by atoms with Crippen LogP contribution < -0.4 is 10.0 Å². The van der Waals surface area contributed by atoms with Crippen LogP contribution >= 0.6 is 12.4 Å². The van der Waals surface area contributed by atoms with Crippen LogP contribution in [0.15, 0.2) is 29.2 Å². The second-order valence-electron chi connectivity index (χ2n) is 5.13. The third-order valence-corrected chi connectivity index (χ3v) is 5.50. The van der Waals surface area contributed by atoms with Crippen molar-refractivity contribution in [2.45, 2.75) is 24.3 Å². The Bertz CT molecular complexity index is 534. The molecular formula is C13H19ClN2O2S. The van der Waals surface area contributed by atoms with Crippen molar-refractivity contribution in [2.24, 2.45) is 11.8 Å². The van der Waals surface area contributed by atoms with Gasteiger partial charge in [0.2, 0.25) is 10.0 Å². The summed E-state index contributed by atoms with van der Waals surface area (Å²) in [6.45, 7) is 3.93. The topological polar surface area (TPSA) is 58.2 Å². The zero-order valence-electron chi connectivity index (χ0n) is 10.8. The van der Waals surface area contributed by atoms with Gasteiger partial charge in [0.05, 0.1) is 4.90 Å². The zero-order chi connectivity index (χ0) is 12.8. The van der Waals surface area contributed by atoms with Gasteiger partial charge in [0.15, 0.2) is 0 Å². The van der Waals surface area contributed by atoms with E-state index in [4.69, 9.17) is 0 Å². The lowest BCUT2D eigenvalue weighted by Crippen LogP contribution is -2.32. The minimum Gasteiger partial charge on any atom is -0.316 e. The van der Waals surface area contributed by atoms with Crippen molar-refractivity contribution in [1.82, 2.24) is 10.0 Å². The fourth-order valence-electron chi connectivity index (χ4n) is 2.74. The van der Waals surface area contributed by atoms with E-state index in [1.54, 1.807) is 12.1 Å². The summed E-state index contributed by atoms with van der Waals surface area (Å²) in [5.74, 6) is 0.990. The Balaban J connectivity index is 0.00000133. The highest BCUT2D eigenvalue weighted by molar-refractivity contribution is 7.89. The number of hydrogen-bond acceptors (Lipinski definition) is 3. The largest absolute Gasteiger partial charge is 0.316 e. The number of piperidine rings is 1. The first kappa shape index (κ1) is 14.8. The van der Waals surface area contributed by atoms with Crippen molar-refractivity contribution in [3.8, 4) is 0 Å². The lowest BCUT2D eigenvalue weighted by molar-refractivity contribution is 0.565. The summed E-state index contributed by atoms with van der Waals surface area (Å²) in [6, 6.07) is 7.28. The summed E-state index contributed by atoms with van der Waals surface area (Å²) >= 11 is 0. The van der Waals surface area contributed by atoms with E-state index in [1.807, 2.05) is 12.1 Å². The molecule has 106 valence electrons. The molecule has 1 heterocycles. The van der Waals surface area contributed by atoms with E-state index in [2.05, 4.69) is 17.0 Å². The van der Waals surface area contributed by atoms with Crippen molar-refractivity contribution in [2.75, 3.05) is 13.1 Å². The summed E-state index contributed by atoms with van der Waals surface area (Å²) in [4.78, 5) is 0.373. The third-order valence-electron chi connectivity index (χ3n) is 4.02. The first-order valence-electron chi connectivity index (χ1n) is 6.44. The molecule has 1 aromatic carbocycles. The van der Waals surface area contributed by atoms with Gasteiger partial charge < -0.3 is 5.32 Å². The van der Waals surface area contributed by atoms with E-state index in [9.17, 15) is 8.42 Å². The van der Waals surface area contributed by atoms with Crippen LogP contribution in [0, 0.1) is 11.8 Å². The average molecular weight is 303 g/mol. The van der Waals surface area contributed by atoms with E-state index in [-0.39, 0.29) is 18.4 Å². The van der Waals surface area contributed by atoms with Crippen molar-refractivity contribution >= 4 is 22.4 Å². The van der Waals surface area contributed by atoms with Gasteiger partial charge in [-0.3, -0.25) is 0 Å². The molecule has 1 saturated heterocycles. The molecule has 1 aromatic rings. The number of fused-ring (bicyclic) bond motifs is 1. The highest BCUT2D eigenvalue weighted by atomic mass is 35.5. The second kappa shape index (κ2) is 5.40. The van der Waals surface area contributed by atoms with Crippen LogP contribution in [0.1, 0.15) is 12.5 Å². The predicted molar refractivity (Wildman–Crippen MR) is 77.0 cm³/mol. The molecule has 0 amide bonds. The molecule has 4 nitrogen and oxygen atoms in total. The van der Waals surface area contributed by atoms with Gasteiger partial charge in [0.25, 0.3) is 0 Å². The molecular weight excluding hydrogens is 284 g/mol. The normalized spacial score (nSPS) is 28.6. The Morgan fingerprint density at radius 2 is 1.79 bits per heavy atom. The summed E-state index contributed by atoms with van der Waals surface area (Å²) < 4.78 is 27.2. The highest BCUT2D eigenvalue weighted by Gasteiger charge is 2.54. The minimum atomic E-state index is -3.34. The molecule has 0 aromatic heterocycles. The van der Waals surface area contributed by atoms with Gasteiger partial charge in [-0.2, -0.15) is 0 Å².